The predicted molar refractivity (Wildman–Crippen MR) is 110 cm³/mol. The number of guanidine groups is 1. The lowest BCUT2D eigenvalue weighted by atomic mass is 10.0. The molecule has 0 heterocycles. The number of sulfonamides is 1. The summed E-state index contributed by atoms with van der Waals surface area (Å²) in [5.41, 5.74) is 1.81. The fraction of sp³-hybridized carbons (Fsp3) is 0.632. The van der Waals surface area contributed by atoms with E-state index in [1.54, 1.807) is 0 Å². The van der Waals surface area contributed by atoms with Gasteiger partial charge in [0.2, 0.25) is 10.0 Å². The maximum absolute atomic E-state index is 11.6. The first-order chi connectivity index (χ1) is 12.3. The number of benzene rings is 1. The molecule has 3 N–H and O–H groups in total. The summed E-state index contributed by atoms with van der Waals surface area (Å²) in [5, 5.41) is 6.72. The predicted octanol–water partition coefficient (Wildman–Crippen LogP) is 2.62. The smallest absolute Gasteiger partial charge is 0.215 e. The minimum absolute atomic E-state index is 0.00932. The van der Waals surface area contributed by atoms with Gasteiger partial charge in [0.15, 0.2) is 5.96 Å². The number of aliphatic imine (C=N–C) groups is 1. The summed E-state index contributed by atoms with van der Waals surface area (Å²) < 4.78 is 25.5. The van der Waals surface area contributed by atoms with Gasteiger partial charge in [0.25, 0.3) is 0 Å². The Morgan fingerprint density at radius 3 is 2.23 bits per heavy atom. The Labute approximate surface area is 158 Å². The van der Waals surface area contributed by atoms with Crippen molar-refractivity contribution in [1.29, 1.82) is 0 Å². The van der Waals surface area contributed by atoms with Crippen molar-refractivity contribution in [2.45, 2.75) is 58.9 Å². The molecule has 0 aromatic heterocycles. The van der Waals surface area contributed by atoms with Gasteiger partial charge in [-0.1, -0.05) is 38.1 Å². The van der Waals surface area contributed by atoms with Gasteiger partial charge in [-0.3, -0.25) is 0 Å². The molecule has 0 aliphatic heterocycles. The van der Waals surface area contributed by atoms with Crippen molar-refractivity contribution in [2.24, 2.45) is 10.9 Å². The highest BCUT2D eigenvalue weighted by Gasteiger charge is 2.09. The van der Waals surface area contributed by atoms with Gasteiger partial charge in [0.1, 0.15) is 0 Å². The van der Waals surface area contributed by atoms with Gasteiger partial charge in [-0.05, 0) is 50.8 Å². The second-order valence-electron chi connectivity index (χ2n) is 6.99. The van der Waals surface area contributed by atoms with Crippen LogP contribution in [-0.2, 0) is 22.3 Å². The van der Waals surface area contributed by atoms with Gasteiger partial charge in [-0.25, -0.2) is 18.1 Å². The van der Waals surface area contributed by atoms with E-state index in [1.807, 2.05) is 31.2 Å². The molecule has 7 heteroatoms. The van der Waals surface area contributed by atoms with Crippen LogP contribution in [0.4, 0.5) is 0 Å². The highest BCUT2D eigenvalue weighted by atomic mass is 32.2. The molecule has 1 atom stereocenters. The summed E-state index contributed by atoms with van der Waals surface area (Å²) >= 11 is 0. The largest absolute Gasteiger partial charge is 0.357 e. The zero-order valence-corrected chi connectivity index (χ0v) is 17.5. The van der Waals surface area contributed by atoms with E-state index in [1.165, 1.54) is 13.5 Å². The molecule has 1 rings (SSSR count). The van der Waals surface area contributed by atoms with Gasteiger partial charge in [0, 0.05) is 12.6 Å². The number of hydrogen-bond acceptors (Lipinski definition) is 3. The third-order valence-electron chi connectivity index (χ3n) is 4.01. The number of nitrogens with one attached hydrogen (secondary N) is 3. The molecule has 6 nitrogen and oxygen atoms in total. The Morgan fingerprint density at radius 2 is 1.69 bits per heavy atom. The molecule has 1 aromatic carbocycles. The van der Waals surface area contributed by atoms with E-state index in [-0.39, 0.29) is 5.75 Å². The second kappa shape index (κ2) is 11.2. The van der Waals surface area contributed by atoms with Crippen LogP contribution in [-0.4, -0.2) is 34.0 Å². The summed E-state index contributed by atoms with van der Waals surface area (Å²) in [6.07, 6.45) is 2.29. The second-order valence-corrected chi connectivity index (χ2v) is 8.92. The molecule has 0 saturated heterocycles. The molecule has 0 spiro atoms. The topological polar surface area (TPSA) is 82.6 Å². The molecule has 0 radical (unpaired) electrons. The molecular formula is C19H34N4O2S. The van der Waals surface area contributed by atoms with Crippen LogP contribution in [0.3, 0.4) is 0 Å². The Morgan fingerprint density at radius 1 is 1.08 bits per heavy atom. The van der Waals surface area contributed by atoms with Crippen molar-refractivity contribution < 1.29 is 8.42 Å². The first-order valence-electron chi connectivity index (χ1n) is 9.29. The zero-order valence-electron chi connectivity index (χ0n) is 16.7. The summed E-state index contributed by atoms with van der Waals surface area (Å²) in [6.45, 7) is 10.0. The van der Waals surface area contributed by atoms with E-state index in [2.05, 4.69) is 41.1 Å². The molecule has 0 aliphatic carbocycles. The SMILES string of the molecule is CCNC(=NCc1ccc(CS(=O)(=O)NC)cc1)NC(C)CCC(C)C. The van der Waals surface area contributed by atoms with E-state index in [0.29, 0.717) is 18.5 Å². The van der Waals surface area contributed by atoms with Crippen LogP contribution in [0.15, 0.2) is 29.3 Å². The molecule has 0 aliphatic rings. The maximum atomic E-state index is 11.6. The van der Waals surface area contributed by atoms with E-state index < -0.39 is 10.0 Å². The summed E-state index contributed by atoms with van der Waals surface area (Å²) in [7, 11) is -1.81. The quantitative estimate of drug-likeness (QED) is 0.429. The van der Waals surface area contributed by atoms with Crippen molar-refractivity contribution >= 4 is 16.0 Å². The van der Waals surface area contributed by atoms with Crippen molar-refractivity contribution in [3.05, 3.63) is 35.4 Å². The Bertz CT molecular complexity index is 655. The third-order valence-corrected chi connectivity index (χ3v) is 5.35. The molecule has 1 aromatic rings. The van der Waals surface area contributed by atoms with Gasteiger partial charge < -0.3 is 10.6 Å². The minimum atomic E-state index is -3.24. The molecule has 26 heavy (non-hydrogen) atoms. The molecule has 0 amide bonds. The monoisotopic (exact) mass is 382 g/mol. The molecule has 0 fully saturated rings. The molecule has 0 bridgehead atoms. The fourth-order valence-electron chi connectivity index (χ4n) is 2.41. The average Bonchev–Trinajstić information content (AvgIpc) is 2.59. The van der Waals surface area contributed by atoms with E-state index in [4.69, 9.17) is 0 Å². The standard InChI is InChI=1S/C19H34N4O2S/c1-6-21-19(23-16(4)8-7-15(2)3)22-13-17-9-11-18(12-10-17)14-26(24,25)20-5/h9-12,15-16,20H,6-8,13-14H2,1-5H3,(H2,21,22,23). The van der Waals surface area contributed by atoms with Gasteiger partial charge >= 0.3 is 0 Å². The lowest BCUT2D eigenvalue weighted by molar-refractivity contribution is 0.489. The van der Waals surface area contributed by atoms with Crippen LogP contribution in [0.1, 0.15) is 51.7 Å². The summed E-state index contributed by atoms with van der Waals surface area (Å²) in [6, 6.07) is 7.90. The number of rotatable bonds is 10. The van der Waals surface area contributed by atoms with Gasteiger partial charge in [0.05, 0.1) is 12.3 Å². The Hall–Kier alpha value is -1.60. The average molecular weight is 383 g/mol. The lowest BCUT2D eigenvalue weighted by Crippen LogP contribution is -2.42. The minimum Gasteiger partial charge on any atom is -0.357 e. The zero-order chi connectivity index (χ0) is 19.6. The molecule has 148 valence electrons. The maximum Gasteiger partial charge on any atom is 0.215 e. The van der Waals surface area contributed by atoms with E-state index in [9.17, 15) is 8.42 Å². The van der Waals surface area contributed by atoms with E-state index >= 15 is 0 Å². The van der Waals surface area contributed by atoms with Crippen molar-refractivity contribution in [2.75, 3.05) is 13.6 Å². The summed E-state index contributed by atoms with van der Waals surface area (Å²) in [5.74, 6) is 1.50. The van der Waals surface area contributed by atoms with Gasteiger partial charge in [-0.2, -0.15) is 0 Å². The lowest BCUT2D eigenvalue weighted by Gasteiger charge is -2.18. The van der Waals surface area contributed by atoms with Crippen LogP contribution < -0.4 is 15.4 Å². The highest BCUT2D eigenvalue weighted by molar-refractivity contribution is 7.88. The van der Waals surface area contributed by atoms with Crippen LogP contribution in [0.2, 0.25) is 0 Å². The molecule has 0 saturated carbocycles. The number of nitrogens with zero attached hydrogens (tertiary/aromatic N) is 1. The fourth-order valence-corrected chi connectivity index (χ4v) is 3.19. The first kappa shape index (κ1) is 22.4. The van der Waals surface area contributed by atoms with Crippen LogP contribution in [0, 0.1) is 5.92 Å². The number of hydrogen-bond donors (Lipinski definition) is 3. The van der Waals surface area contributed by atoms with Gasteiger partial charge in [-0.15, -0.1) is 0 Å². The molecular weight excluding hydrogens is 348 g/mol. The van der Waals surface area contributed by atoms with Crippen LogP contribution in [0.25, 0.3) is 0 Å². The van der Waals surface area contributed by atoms with E-state index in [0.717, 1.165) is 30.1 Å². The van der Waals surface area contributed by atoms with Crippen molar-refractivity contribution in [1.82, 2.24) is 15.4 Å². The highest BCUT2D eigenvalue weighted by Crippen LogP contribution is 2.09. The Balaban J connectivity index is 2.65. The van der Waals surface area contributed by atoms with Crippen molar-refractivity contribution in [3.8, 4) is 0 Å². The third kappa shape index (κ3) is 9.20. The normalized spacial score (nSPS) is 13.7. The Kier molecular flexibility index (Phi) is 9.65. The molecule has 1 unspecified atom stereocenters. The van der Waals surface area contributed by atoms with Crippen molar-refractivity contribution in [3.63, 3.8) is 0 Å². The van der Waals surface area contributed by atoms with Crippen LogP contribution in [0.5, 0.6) is 0 Å². The first-order valence-corrected chi connectivity index (χ1v) is 10.9. The summed E-state index contributed by atoms with van der Waals surface area (Å²) in [4.78, 5) is 4.64. The van der Waals surface area contributed by atoms with Crippen LogP contribution >= 0.6 is 0 Å².